The normalized spacial score (nSPS) is 23.2. The number of hydrogen-bond donors (Lipinski definition) is 1. The van der Waals surface area contributed by atoms with Gasteiger partial charge in [-0.2, -0.15) is 0 Å². The number of nitrogens with zero attached hydrogens (tertiary/aromatic N) is 3. The molecule has 2 unspecified atom stereocenters. The van der Waals surface area contributed by atoms with E-state index in [2.05, 4.69) is 62.8 Å². The van der Waals surface area contributed by atoms with Crippen molar-refractivity contribution < 1.29 is 0 Å². The van der Waals surface area contributed by atoms with E-state index in [0.29, 0.717) is 6.04 Å². The van der Waals surface area contributed by atoms with Gasteiger partial charge in [-0.25, -0.2) is 9.97 Å². The van der Waals surface area contributed by atoms with E-state index in [4.69, 9.17) is 4.98 Å². The molecule has 1 aromatic rings. The first-order valence-electron chi connectivity index (χ1n) is 8.21. The van der Waals surface area contributed by atoms with Gasteiger partial charge in [-0.3, -0.25) is 0 Å². The van der Waals surface area contributed by atoms with E-state index in [1.54, 1.807) is 0 Å². The lowest BCUT2D eigenvalue weighted by Gasteiger charge is -2.38. The molecule has 1 aromatic heterocycles. The standard InChI is InChI=1S/C17H30N4/c1-7-18-14-10-15(20-16(19-14)17(4,5)6)21-11-12(2)8-9-13(21)3/h10,12-13H,7-9,11H2,1-6H3,(H,18,19,20). The van der Waals surface area contributed by atoms with Crippen LogP contribution >= 0.6 is 0 Å². The second-order valence-electron chi connectivity index (χ2n) is 7.40. The first-order chi connectivity index (χ1) is 9.81. The van der Waals surface area contributed by atoms with Crippen LogP contribution in [0.25, 0.3) is 0 Å². The van der Waals surface area contributed by atoms with Crippen molar-refractivity contribution in [3.8, 4) is 0 Å². The van der Waals surface area contributed by atoms with Crippen molar-refractivity contribution in [3.63, 3.8) is 0 Å². The predicted molar refractivity (Wildman–Crippen MR) is 90.1 cm³/mol. The zero-order valence-electron chi connectivity index (χ0n) is 14.4. The van der Waals surface area contributed by atoms with Crippen LogP contribution < -0.4 is 10.2 Å². The van der Waals surface area contributed by atoms with Gasteiger partial charge in [0.2, 0.25) is 0 Å². The summed E-state index contributed by atoms with van der Waals surface area (Å²) in [5, 5.41) is 3.35. The average Bonchev–Trinajstić information content (AvgIpc) is 2.40. The van der Waals surface area contributed by atoms with Gasteiger partial charge in [0.25, 0.3) is 0 Å². The fourth-order valence-corrected chi connectivity index (χ4v) is 2.80. The van der Waals surface area contributed by atoms with Gasteiger partial charge in [0.1, 0.15) is 17.5 Å². The summed E-state index contributed by atoms with van der Waals surface area (Å²) in [6.07, 6.45) is 2.56. The third-order valence-corrected chi connectivity index (χ3v) is 4.15. The molecule has 2 rings (SSSR count). The second kappa shape index (κ2) is 6.20. The molecule has 0 radical (unpaired) electrons. The molecule has 21 heavy (non-hydrogen) atoms. The summed E-state index contributed by atoms with van der Waals surface area (Å²) in [6, 6.07) is 2.66. The fourth-order valence-electron chi connectivity index (χ4n) is 2.80. The molecule has 4 nitrogen and oxygen atoms in total. The van der Waals surface area contributed by atoms with Crippen LogP contribution in [-0.4, -0.2) is 29.1 Å². The zero-order chi connectivity index (χ0) is 15.6. The summed E-state index contributed by atoms with van der Waals surface area (Å²) in [7, 11) is 0. The number of hydrogen-bond acceptors (Lipinski definition) is 4. The van der Waals surface area contributed by atoms with Crippen LogP contribution in [0.1, 0.15) is 60.2 Å². The third-order valence-electron chi connectivity index (χ3n) is 4.15. The highest BCUT2D eigenvalue weighted by atomic mass is 15.2. The highest BCUT2D eigenvalue weighted by molar-refractivity contribution is 5.51. The number of anilines is 2. The molecule has 1 fully saturated rings. The Labute approximate surface area is 129 Å². The van der Waals surface area contributed by atoms with Gasteiger partial charge in [0.05, 0.1) is 0 Å². The van der Waals surface area contributed by atoms with E-state index in [9.17, 15) is 0 Å². The summed E-state index contributed by atoms with van der Waals surface area (Å²) in [5.74, 6) is 3.67. The van der Waals surface area contributed by atoms with Crippen molar-refractivity contribution >= 4 is 11.6 Å². The molecule has 0 saturated carbocycles. The maximum absolute atomic E-state index is 4.87. The molecule has 4 heteroatoms. The van der Waals surface area contributed by atoms with E-state index in [1.807, 2.05) is 0 Å². The van der Waals surface area contributed by atoms with Crippen LogP contribution in [0.5, 0.6) is 0 Å². The van der Waals surface area contributed by atoms with Crippen molar-refractivity contribution in [2.75, 3.05) is 23.3 Å². The Bertz CT molecular complexity index is 478. The number of piperidine rings is 1. The summed E-state index contributed by atoms with van der Waals surface area (Å²) < 4.78 is 0. The predicted octanol–water partition coefficient (Wildman–Crippen LogP) is 3.83. The number of aromatic nitrogens is 2. The fraction of sp³-hybridized carbons (Fsp3) is 0.765. The maximum atomic E-state index is 4.87. The topological polar surface area (TPSA) is 41.0 Å². The van der Waals surface area contributed by atoms with Gasteiger partial charge < -0.3 is 10.2 Å². The molecule has 0 amide bonds. The lowest BCUT2D eigenvalue weighted by Crippen LogP contribution is -2.42. The molecular formula is C17H30N4. The molecule has 1 saturated heterocycles. The number of nitrogens with one attached hydrogen (secondary N) is 1. The molecule has 1 aliphatic heterocycles. The van der Waals surface area contributed by atoms with E-state index < -0.39 is 0 Å². The first kappa shape index (κ1) is 16.1. The Morgan fingerprint density at radius 2 is 1.95 bits per heavy atom. The summed E-state index contributed by atoms with van der Waals surface area (Å²) >= 11 is 0. The van der Waals surface area contributed by atoms with Crippen molar-refractivity contribution in [2.24, 2.45) is 5.92 Å². The highest BCUT2D eigenvalue weighted by Gasteiger charge is 2.26. The maximum Gasteiger partial charge on any atom is 0.138 e. The Morgan fingerprint density at radius 1 is 1.24 bits per heavy atom. The molecular weight excluding hydrogens is 260 g/mol. The van der Waals surface area contributed by atoms with Gasteiger partial charge in [-0.15, -0.1) is 0 Å². The van der Waals surface area contributed by atoms with Crippen molar-refractivity contribution in [1.29, 1.82) is 0 Å². The zero-order valence-corrected chi connectivity index (χ0v) is 14.4. The highest BCUT2D eigenvalue weighted by Crippen LogP contribution is 2.29. The minimum atomic E-state index is -0.0369. The Hall–Kier alpha value is -1.32. The Balaban J connectivity index is 2.39. The molecule has 0 spiro atoms. The van der Waals surface area contributed by atoms with Gasteiger partial charge in [0, 0.05) is 30.6 Å². The summed E-state index contributed by atoms with van der Waals surface area (Å²) in [4.78, 5) is 12.0. The molecule has 2 heterocycles. The van der Waals surface area contributed by atoms with E-state index in [0.717, 1.165) is 36.5 Å². The minimum Gasteiger partial charge on any atom is -0.370 e. The second-order valence-corrected chi connectivity index (χ2v) is 7.40. The lowest BCUT2D eigenvalue weighted by atomic mass is 9.94. The number of rotatable bonds is 3. The minimum absolute atomic E-state index is 0.0369. The molecule has 0 aliphatic carbocycles. The van der Waals surface area contributed by atoms with Gasteiger partial charge >= 0.3 is 0 Å². The van der Waals surface area contributed by atoms with Gasteiger partial charge in [0.15, 0.2) is 0 Å². The van der Waals surface area contributed by atoms with Crippen LogP contribution in [-0.2, 0) is 5.41 Å². The first-order valence-corrected chi connectivity index (χ1v) is 8.21. The smallest absolute Gasteiger partial charge is 0.138 e. The van der Waals surface area contributed by atoms with E-state index in [-0.39, 0.29) is 5.41 Å². The van der Waals surface area contributed by atoms with Crippen LogP contribution in [0, 0.1) is 5.92 Å². The average molecular weight is 290 g/mol. The quantitative estimate of drug-likeness (QED) is 0.918. The molecule has 2 atom stereocenters. The monoisotopic (exact) mass is 290 g/mol. The SMILES string of the molecule is CCNc1cc(N2CC(C)CCC2C)nc(C(C)(C)C)n1. The lowest BCUT2D eigenvalue weighted by molar-refractivity contribution is 0.387. The van der Waals surface area contributed by atoms with Crippen molar-refractivity contribution in [1.82, 2.24) is 9.97 Å². The van der Waals surface area contributed by atoms with Crippen molar-refractivity contribution in [3.05, 3.63) is 11.9 Å². The van der Waals surface area contributed by atoms with E-state index in [1.165, 1.54) is 12.8 Å². The molecule has 0 aromatic carbocycles. The molecule has 0 bridgehead atoms. The molecule has 1 aliphatic rings. The van der Waals surface area contributed by atoms with Crippen LogP contribution in [0.3, 0.4) is 0 Å². The molecule has 118 valence electrons. The summed E-state index contributed by atoms with van der Waals surface area (Å²) in [6.45, 7) is 15.2. The molecule has 1 N–H and O–H groups in total. The van der Waals surface area contributed by atoms with Crippen LogP contribution in [0.4, 0.5) is 11.6 Å². The largest absolute Gasteiger partial charge is 0.370 e. The van der Waals surface area contributed by atoms with Gasteiger partial charge in [-0.1, -0.05) is 27.7 Å². The Kier molecular flexibility index (Phi) is 4.74. The van der Waals surface area contributed by atoms with E-state index >= 15 is 0 Å². The Morgan fingerprint density at radius 3 is 2.57 bits per heavy atom. The van der Waals surface area contributed by atoms with Crippen molar-refractivity contribution in [2.45, 2.75) is 65.8 Å². The van der Waals surface area contributed by atoms with Gasteiger partial charge in [-0.05, 0) is 32.6 Å². The third kappa shape index (κ3) is 3.86. The summed E-state index contributed by atoms with van der Waals surface area (Å²) in [5.41, 5.74) is -0.0369. The van der Waals surface area contributed by atoms with Crippen LogP contribution in [0.2, 0.25) is 0 Å². The van der Waals surface area contributed by atoms with Crippen LogP contribution in [0.15, 0.2) is 6.07 Å².